The van der Waals surface area contributed by atoms with Crippen LogP contribution in [0.25, 0.3) is 21.1 Å². The molecular weight excluding hydrogens is 506 g/mol. The first-order valence-electron chi connectivity index (χ1n) is 12.3. The largest absolute Gasteiger partial charge is 0.327 e. The van der Waals surface area contributed by atoms with Crippen molar-refractivity contribution < 1.29 is 4.79 Å². The Morgan fingerprint density at radius 3 is 2.65 bits per heavy atom. The van der Waals surface area contributed by atoms with Gasteiger partial charge in [-0.15, -0.1) is 21.5 Å². The molecule has 1 unspecified atom stereocenters. The van der Waals surface area contributed by atoms with Gasteiger partial charge in [0.05, 0.1) is 10.9 Å². The quantitative estimate of drug-likeness (QED) is 0.333. The molecule has 0 bridgehead atoms. The third-order valence-electron chi connectivity index (χ3n) is 6.89. The van der Waals surface area contributed by atoms with Gasteiger partial charge in [0.25, 0.3) is 0 Å². The van der Waals surface area contributed by atoms with Crippen molar-refractivity contribution in [1.82, 2.24) is 30.0 Å². The van der Waals surface area contributed by atoms with Crippen LogP contribution in [-0.4, -0.2) is 69.1 Å². The second-order valence-electron chi connectivity index (χ2n) is 9.50. The maximum Gasteiger partial charge on any atom is 0.222 e. The van der Waals surface area contributed by atoms with E-state index in [0.717, 1.165) is 52.6 Å². The number of rotatable bonds is 7. The minimum atomic E-state index is -0.151. The van der Waals surface area contributed by atoms with Crippen LogP contribution in [0, 0.1) is 0 Å². The standard InChI is InChI=1S/C27H30ClN7OS/c1-17(36)32-24-14-19(8-11-29-24)23-15-22(26(37-23)27-30-16-31-33-27)25(18-4-6-20(28)7-5-18)35(3)21-9-12-34(2)13-10-21/h4-8,11,14-16,21,25H,9-10,12-13H2,1-3H3,(H,29,32,36)(H,30,31,33). The van der Waals surface area contributed by atoms with Gasteiger partial charge in [-0.1, -0.05) is 23.7 Å². The topological polar surface area (TPSA) is 90.0 Å². The maximum absolute atomic E-state index is 11.6. The van der Waals surface area contributed by atoms with Crippen molar-refractivity contribution in [2.75, 3.05) is 32.5 Å². The average molecular weight is 536 g/mol. The molecule has 1 atom stereocenters. The van der Waals surface area contributed by atoms with Crippen LogP contribution in [0.15, 0.2) is 55.0 Å². The summed E-state index contributed by atoms with van der Waals surface area (Å²) in [5, 5.41) is 11.9. The van der Waals surface area contributed by atoms with Gasteiger partial charge in [-0.05, 0) is 87.0 Å². The first kappa shape index (κ1) is 25.5. The number of benzene rings is 1. The second-order valence-corrected chi connectivity index (χ2v) is 11.0. The number of pyridine rings is 1. The van der Waals surface area contributed by atoms with Crippen LogP contribution in [0.1, 0.15) is 36.9 Å². The number of anilines is 1. The molecule has 1 aliphatic rings. The van der Waals surface area contributed by atoms with Crippen LogP contribution >= 0.6 is 22.9 Å². The summed E-state index contributed by atoms with van der Waals surface area (Å²) in [6, 6.07) is 14.7. The molecule has 10 heteroatoms. The van der Waals surface area contributed by atoms with Crippen molar-refractivity contribution in [2.45, 2.75) is 31.8 Å². The lowest BCUT2D eigenvalue weighted by Gasteiger charge is -2.40. The molecule has 1 aliphatic heterocycles. The molecule has 3 aromatic heterocycles. The van der Waals surface area contributed by atoms with Gasteiger partial charge in [-0.3, -0.25) is 9.69 Å². The maximum atomic E-state index is 11.6. The van der Waals surface area contributed by atoms with Crippen LogP contribution in [0.2, 0.25) is 5.02 Å². The van der Waals surface area contributed by atoms with Gasteiger partial charge < -0.3 is 15.2 Å². The molecule has 0 spiro atoms. The van der Waals surface area contributed by atoms with Gasteiger partial charge in [-0.25, -0.2) is 4.98 Å². The lowest BCUT2D eigenvalue weighted by Crippen LogP contribution is -2.43. The molecule has 192 valence electrons. The Kier molecular flexibility index (Phi) is 7.66. The summed E-state index contributed by atoms with van der Waals surface area (Å²) in [6.45, 7) is 3.64. The van der Waals surface area contributed by atoms with Crippen LogP contribution in [-0.2, 0) is 4.79 Å². The highest BCUT2D eigenvalue weighted by Crippen LogP contribution is 2.44. The number of thiophene rings is 1. The van der Waals surface area contributed by atoms with Gasteiger partial charge >= 0.3 is 0 Å². The van der Waals surface area contributed by atoms with E-state index in [1.54, 1.807) is 23.9 Å². The lowest BCUT2D eigenvalue weighted by atomic mass is 9.93. The van der Waals surface area contributed by atoms with Gasteiger partial charge in [0, 0.05) is 29.1 Å². The molecule has 0 radical (unpaired) electrons. The van der Waals surface area contributed by atoms with E-state index in [1.807, 2.05) is 24.3 Å². The molecule has 1 saturated heterocycles. The Balaban J connectivity index is 1.62. The fourth-order valence-corrected chi connectivity index (χ4v) is 6.24. The number of H-pyrrole nitrogens is 1. The lowest BCUT2D eigenvalue weighted by molar-refractivity contribution is -0.114. The third-order valence-corrected chi connectivity index (χ3v) is 8.35. The third kappa shape index (κ3) is 5.75. The number of piperidine rings is 1. The molecule has 1 amide bonds. The minimum absolute atomic E-state index is 0.00701. The number of hydrogen-bond donors (Lipinski definition) is 2. The normalized spacial score (nSPS) is 15.7. The number of amides is 1. The number of aromatic nitrogens is 4. The zero-order chi connectivity index (χ0) is 25.9. The number of nitrogens with one attached hydrogen (secondary N) is 2. The molecule has 8 nitrogen and oxygen atoms in total. The van der Waals surface area contributed by atoms with Crippen molar-refractivity contribution in [3.8, 4) is 21.1 Å². The van der Waals surface area contributed by atoms with Crippen LogP contribution in [0.3, 0.4) is 0 Å². The number of aromatic amines is 1. The molecule has 1 aromatic carbocycles. The number of nitrogens with zero attached hydrogens (tertiary/aromatic N) is 5. The first-order chi connectivity index (χ1) is 17.9. The predicted octanol–water partition coefficient (Wildman–Crippen LogP) is 5.32. The van der Waals surface area contributed by atoms with E-state index in [0.29, 0.717) is 16.9 Å². The zero-order valence-electron chi connectivity index (χ0n) is 21.1. The molecule has 37 heavy (non-hydrogen) atoms. The van der Waals surface area contributed by atoms with E-state index in [-0.39, 0.29) is 11.9 Å². The number of carbonyl (C=O) groups excluding carboxylic acids is 1. The molecule has 1 fully saturated rings. The van der Waals surface area contributed by atoms with Crippen molar-refractivity contribution >= 4 is 34.7 Å². The highest BCUT2D eigenvalue weighted by molar-refractivity contribution is 7.19. The summed E-state index contributed by atoms with van der Waals surface area (Å²) in [5.74, 6) is 1.11. The van der Waals surface area contributed by atoms with Crippen LogP contribution in [0.5, 0.6) is 0 Å². The predicted molar refractivity (Wildman–Crippen MR) is 149 cm³/mol. The Hall–Kier alpha value is -3.11. The number of halogens is 1. The summed E-state index contributed by atoms with van der Waals surface area (Å²) in [4.78, 5) is 26.1. The summed E-state index contributed by atoms with van der Waals surface area (Å²) in [5.41, 5.74) is 3.30. The molecule has 5 rings (SSSR count). The van der Waals surface area contributed by atoms with E-state index in [4.69, 9.17) is 11.6 Å². The van der Waals surface area contributed by atoms with Crippen molar-refractivity contribution in [3.05, 3.63) is 71.1 Å². The van der Waals surface area contributed by atoms with E-state index in [1.165, 1.54) is 12.5 Å². The fourth-order valence-electron chi connectivity index (χ4n) is 4.98. The number of hydrogen-bond acceptors (Lipinski definition) is 7. The molecule has 4 heterocycles. The first-order valence-corrected chi connectivity index (χ1v) is 13.5. The van der Waals surface area contributed by atoms with E-state index in [2.05, 4.69) is 67.6 Å². The Bertz CT molecular complexity index is 1350. The zero-order valence-corrected chi connectivity index (χ0v) is 22.7. The highest BCUT2D eigenvalue weighted by Gasteiger charge is 2.32. The molecular formula is C27H30ClN7OS. The fraction of sp³-hybridized carbons (Fsp3) is 0.333. The van der Waals surface area contributed by atoms with Crippen LogP contribution < -0.4 is 5.32 Å². The number of carbonyl (C=O) groups is 1. The highest BCUT2D eigenvalue weighted by atomic mass is 35.5. The van der Waals surface area contributed by atoms with Gasteiger partial charge in [0.1, 0.15) is 12.1 Å². The van der Waals surface area contributed by atoms with Gasteiger partial charge in [-0.2, -0.15) is 0 Å². The monoisotopic (exact) mass is 535 g/mol. The molecule has 2 N–H and O–H groups in total. The van der Waals surface area contributed by atoms with Gasteiger partial charge in [0.15, 0.2) is 5.82 Å². The number of likely N-dealkylation sites (tertiary alicyclic amines) is 1. The average Bonchev–Trinajstić information content (AvgIpc) is 3.56. The van der Waals surface area contributed by atoms with E-state index in [9.17, 15) is 4.79 Å². The molecule has 0 aliphatic carbocycles. The Morgan fingerprint density at radius 1 is 1.22 bits per heavy atom. The van der Waals surface area contributed by atoms with Crippen molar-refractivity contribution in [3.63, 3.8) is 0 Å². The minimum Gasteiger partial charge on any atom is -0.327 e. The van der Waals surface area contributed by atoms with E-state index >= 15 is 0 Å². The summed E-state index contributed by atoms with van der Waals surface area (Å²) in [7, 11) is 4.40. The molecule has 4 aromatic rings. The second kappa shape index (κ2) is 11.1. The van der Waals surface area contributed by atoms with Crippen LogP contribution in [0.4, 0.5) is 5.82 Å². The molecule has 0 saturated carbocycles. The Labute approximate surface area is 225 Å². The van der Waals surface area contributed by atoms with Crippen molar-refractivity contribution in [1.29, 1.82) is 0 Å². The summed E-state index contributed by atoms with van der Waals surface area (Å²) in [6.07, 6.45) is 5.54. The summed E-state index contributed by atoms with van der Waals surface area (Å²) >= 11 is 7.93. The van der Waals surface area contributed by atoms with Gasteiger partial charge in [0.2, 0.25) is 5.91 Å². The Morgan fingerprint density at radius 2 is 1.97 bits per heavy atom. The van der Waals surface area contributed by atoms with Crippen molar-refractivity contribution in [2.24, 2.45) is 0 Å². The van der Waals surface area contributed by atoms with E-state index < -0.39 is 0 Å². The summed E-state index contributed by atoms with van der Waals surface area (Å²) < 4.78 is 0. The SMILES string of the molecule is CC(=O)Nc1cc(-c2cc(C(c3ccc(Cl)cc3)N(C)C3CCN(C)CC3)c(-c3nnc[nH]3)s2)ccn1. The smallest absolute Gasteiger partial charge is 0.222 e.